The lowest BCUT2D eigenvalue weighted by atomic mass is 10.0. The fourth-order valence-electron chi connectivity index (χ4n) is 3.27. The second-order valence-corrected chi connectivity index (χ2v) is 7.64. The van der Waals surface area contributed by atoms with Crippen molar-refractivity contribution in [2.45, 2.75) is 32.9 Å². The number of hydrogen-bond donors (Lipinski definition) is 2. The quantitative estimate of drug-likeness (QED) is 0.671. The van der Waals surface area contributed by atoms with Crippen LogP contribution in [0.3, 0.4) is 0 Å². The highest BCUT2D eigenvalue weighted by molar-refractivity contribution is 5.98. The SMILES string of the molecule is COc1cc(OC)cc(C(=O)N[C@@H](C(=O)N[C@H](C)c2ccc3c(c2)OCO3)C(C)C)c1. The molecule has 3 rings (SSSR count). The molecule has 0 saturated carbocycles. The molecule has 2 aromatic rings. The summed E-state index contributed by atoms with van der Waals surface area (Å²) in [6.45, 7) is 5.82. The Hall–Kier alpha value is -3.42. The standard InChI is InChI=1S/C23H28N2O6/c1-13(2)21(25-22(26)16-8-17(28-4)11-18(9-16)29-5)23(27)24-14(3)15-6-7-19-20(10-15)31-12-30-19/h6-11,13-14,21H,12H2,1-5H3,(H,24,27)(H,25,26)/t14-,21-/m1/s1. The van der Waals surface area contributed by atoms with Crippen molar-refractivity contribution in [2.24, 2.45) is 5.92 Å². The molecule has 31 heavy (non-hydrogen) atoms. The van der Waals surface area contributed by atoms with Crippen LogP contribution in [0, 0.1) is 5.92 Å². The Morgan fingerprint density at radius 3 is 2.16 bits per heavy atom. The van der Waals surface area contributed by atoms with Crippen molar-refractivity contribution in [2.75, 3.05) is 21.0 Å². The van der Waals surface area contributed by atoms with Gasteiger partial charge in [-0.1, -0.05) is 19.9 Å². The molecule has 8 nitrogen and oxygen atoms in total. The molecule has 2 N–H and O–H groups in total. The number of rotatable bonds is 8. The third-order valence-corrected chi connectivity index (χ3v) is 5.10. The van der Waals surface area contributed by atoms with Gasteiger partial charge >= 0.3 is 0 Å². The van der Waals surface area contributed by atoms with Gasteiger partial charge in [0, 0.05) is 11.6 Å². The van der Waals surface area contributed by atoms with Crippen molar-refractivity contribution in [3.63, 3.8) is 0 Å². The molecule has 1 aliphatic heterocycles. The van der Waals surface area contributed by atoms with E-state index < -0.39 is 6.04 Å². The molecule has 8 heteroatoms. The molecule has 0 radical (unpaired) electrons. The monoisotopic (exact) mass is 428 g/mol. The van der Waals surface area contributed by atoms with E-state index in [2.05, 4.69) is 10.6 Å². The van der Waals surface area contributed by atoms with Gasteiger partial charge in [0.15, 0.2) is 11.5 Å². The lowest BCUT2D eigenvalue weighted by Gasteiger charge is -2.24. The topological polar surface area (TPSA) is 95.1 Å². The highest BCUT2D eigenvalue weighted by Crippen LogP contribution is 2.34. The normalized spacial score (nSPS) is 14.0. The van der Waals surface area contributed by atoms with Crippen LogP contribution >= 0.6 is 0 Å². The number of carbonyl (C=O) groups is 2. The van der Waals surface area contributed by atoms with Crippen LogP contribution in [0.15, 0.2) is 36.4 Å². The predicted octanol–water partition coefficient (Wildman–Crippen LogP) is 3.06. The van der Waals surface area contributed by atoms with Crippen molar-refractivity contribution >= 4 is 11.8 Å². The summed E-state index contributed by atoms with van der Waals surface area (Å²) in [4.78, 5) is 25.8. The van der Waals surface area contributed by atoms with Crippen LogP contribution in [0.1, 0.15) is 42.7 Å². The van der Waals surface area contributed by atoms with Gasteiger partial charge in [-0.3, -0.25) is 9.59 Å². The van der Waals surface area contributed by atoms with Gasteiger partial charge in [-0.25, -0.2) is 0 Å². The lowest BCUT2D eigenvalue weighted by Crippen LogP contribution is -2.50. The third kappa shape index (κ3) is 5.20. The van der Waals surface area contributed by atoms with Gasteiger partial charge in [0.25, 0.3) is 5.91 Å². The maximum atomic E-state index is 13.0. The number of fused-ring (bicyclic) bond motifs is 1. The maximum absolute atomic E-state index is 13.0. The van der Waals surface area contributed by atoms with E-state index in [9.17, 15) is 9.59 Å². The Kier molecular flexibility index (Phi) is 6.89. The Morgan fingerprint density at radius 1 is 0.903 bits per heavy atom. The molecule has 1 aliphatic rings. The van der Waals surface area contributed by atoms with E-state index in [1.54, 1.807) is 18.2 Å². The van der Waals surface area contributed by atoms with Gasteiger partial charge < -0.3 is 29.6 Å². The third-order valence-electron chi connectivity index (χ3n) is 5.10. The molecule has 2 aromatic carbocycles. The predicted molar refractivity (Wildman–Crippen MR) is 115 cm³/mol. The number of benzene rings is 2. The summed E-state index contributed by atoms with van der Waals surface area (Å²) in [6, 6.07) is 9.42. The first-order valence-corrected chi connectivity index (χ1v) is 10.1. The molecular weight excluding hydrogens is 400 g/mol. The van der Waals surface area contributed by atoms with Gasteiger partial charge in [-0.2, -0.15) is 0 Å². The summed E-state index contributed by atoms with van der Waals surface area (Å²) in [7, 11) is 3.02. The summed E-state index contributed by atoms with van der Waals surface area (Å²) in [6.07, 6.45) is 0. The van der Waals surface area contributed by atoms with Crippen LogP contribution in [0.2, 0.25) is 0 Å². The van der Waals surface area contributed by atoms with Crippen molar-refractivity contribution in [3.8, 4) is 23.0 Å². The number of hydrogen-bond acceptors (Lipinski definition) is 6. The smallest absolute Gasteiger partial charge is 0.252 e. The molecule has 0 aliphatic carbocycles. The van der Waals surface area contributed by atoms with E-state index in [4.69, 9.17) is 18.9 Å². The van der Waals surface area contributed by atoms with Crippen LogP contribution in [0.25, 0.3) is 0 Å². The van der Waals surface area contributed by atoms with Crippen molar-refractivity contribution in [1.82, 2.24) is 10.6 Å². The van der Waals surface area contributed by atoms with E-state index in [1.165, 1.54) is 14.2 Å². The van der Waals surface area contributed by atoms with Crippen LogP contribution in [-0.2, 0) is 4.79 Å². The van der Waals surface area contributed by atoms with Crippen LogP contribution in [-0.4, -0.2) is 38.9 Å². The van der Waals surface area contributed by atoms with Gasteiger partial charge in [-0.15, -0.1) is 0 Å². The summed E-state index contributed by atoms with van der Waals surface area (Å²) < 4.78 is 21.2. The molecule has 0 unspecified atom stereocenters. The van der Waals surface area contributed by atoms with E-state index in [1.807, 2.05) is 39.0 Å². The van der Waals surface area contributed by atoms with Crippen LogP contribution < -0.4 is 29.6 Å². The molecule has 1 heterocycles. The molecule has 0 spiro atoms. The largest absolute Gasteiger partial charge is 0.497 e. The molecule has 166 valence electrons. The van der Waals surface area contributed by atoms with E-state index in [0.717, 1.165) is 5.56 Å². The molecular formula is C23H28N2O6. The van der Waals surface area contributed by atoms with Gasteiger partial charge in [0.05, 0.1) is 20.3 Å². The Labute approximate surface area is 181 Å². The van der Waals surface area contributed by atoms with Crippen LogP contribution in [0.5, 0.6) is 23.0 Å². The highest BCUT2D eigenvalue weighted by atomic mass is 16.7. The molecule has 0 bridgehead atoms. The van der Waals surface area contributed by atoms with Crippen molar-refractivity contribution in [1.29, 1.82) is 0 Å². The second-order valence-electron chi connectivity index (χ2n) is 7.64. The maximum Gasteiger partial charge on any atom is 0.252 e. The Balaban J connectivity index is 1.71. The minimum atomic E-state index is -0.721. The average Bonchev–Trinajstić information content (AvgIpc) is 3.24. The summed E-state index contributed by atoms with van der Waals surface area (Å²) >= 11 is 0. The number of ether oxygens (including phenoxy) is 4. The van der Waals surface area contributed by atoms with Crippen molar-refractivity contribution < 1.29 is 28.5 Å². The molecule has 0 saturated heterocycles. The van der Waals surface area contributed by atoms with Gasteiger partial charge in [-0.05, 0) is 42.7 Å². The van der Waals surface area contributed by atoms with Gasteiger partial charge in [0.1, 0.15) is 17.5 Å². The summed E-state index contributed by atoms with van der Waals surface area (Å²) in [5, 5.41) is 5.80. The molecule has 2 amide bonds. The van der Waals surface area contributed by atoms with E-state index in [0.29, 0.717) is 28.6 Å². The second kappa shape index (κ2) is 9.59. The first-order valence-electron chi connectivity index (χ1n) is 10.1. The Morgan fingerprint density at radius 2 is 1.55 bits per heavy atom. The first-order chi connectivity index (χ1) is 14.8. The van der Waals surface area contributed by atoms with E-state index in [-0.39, 0.29) is 30.6 Å². The number of carbonyl (C=O) groups excluding carboxylic acids is 2. The zero-order valence-electron chi connectivity index (χ0n) is 18.4. The zero-order chi connectivity index (χ0) is 22.5. The first kappa shape index (κ1) is 22.3. The van der Waals surface area contributed by atoms with E-state index >= 15 is 0 Å². The molecule has 0 fully saturated rings. The fraction of sp³-hybridized carbons (Fsp3) is 0.391. The average molecular weight is 428 g/mol. The number of nitrogens with one attached hydrogen (secondary N) is 2. The highest BCUT2D eigenvalue weighted by Gasteiger charge is 2.27. The van der Waals surface area contributed by atoms with Crippen molar-refractivity contribution in [3.05, 3.63) is 47.5 Å². The summed E-state index contributed by atoms with van der Waals surface area (Å²) in [5.74, 6) is 1.53. The Bertz CT molecular complexity index is 937. The minimum Gasteiger partial charge on any atom is -0.497 e. The number of amides is 2. The molecule has 0 aromatic heterocycles. The lowest BCUT2D eigenvalue weighted by molar-refractivity contribution is -0.124. The summed E-state index contributed by atoms with van der Waals surface area (Å²) in [5.41, 5.74) is 1.22. The molecule has 2 atom stereocenters. The van der Waals surface area contributed by atoms with Crippen LogP contribution in [0.4, 0.5) is 0 Å². The number of methoxy groups -OCH3 is 2. The minimum absolute atomic E-state index is 0.125. The zero-order valence-corrected chi connectivity index (χ0v) is 18.4. The van der Waals surface area contributed by atoms with Gasteiger partial charge in [0.2, 0.25) is 12.7 Å². The fourth-order valence-corrected chi connectivity index (χ4v) is 3.27.